The van der Waals surface area contributed by atoms with Gasteiger partial charge in [0.05, 0.1) is 35.5 Å². The summed E-state index contributed by atoms with van der Waals surface area (Å²) in [6.07, 6.45) is 27.6. The molecule has 2 aromatic carbocycles. The number of nitrogens with zero attached hydrogens (tertiary/aromatic N) is 1. The number of rotatable bonds is 25. The summed E-state index contributed by atoms with van der Waals surface area (Å²) < 4.78 is 5.38. The van der Waals surface area contributed by atoms with Crippen molar-refractivity contribution in [3.63, 3.8) is 0 Å². The van der Waals surface area contributed by atoms with Crippen molar-refractivity contribution >= 4 is 39.6 Å². The molecule has 1 saturated heterocycles. The van der Waals surface area contributed by atoms with E-state index in [-0.39, 0.29) is 23.6 Å². The molecule has 2 aromatic rings. The van der Waals surface area contributed by atoms with Crippen LogP contribution in [0.25, 0.3) is 0 Å². The van der Waals surface area contributed by atoms with Gasteiger partial charge in [-0.2, -0.15) is 0 Å². The van der Waals surface area contributed by atoms with E-state index in [1.807, 2.05) is 24.3 Å². The molecule has 292 valence electrons. The van der Waals surface area contributed by atoms with Crippen LogP contribution in [0.2, 0.25) is 0 Å². The van der Waals surface area contributed by atoms with Gasteiger partial charge in [-0.05, 0) is 68.3 Å². The van der Waals surface area contributed by atoms with Crippen LogP contribution in [-0.2, 0) is 17.6 Å². The largest absolute Gasteiger partial charge is 0.379 e. The van der Waals surface area contributed by atoms with Crippen molar-refractivity contribution in [2.45, 2.75) is 141 Å². The zero-order chi connectivity index (χ0) is 37.5. The summed E-state index contributed by atoms with van der Waals surface area (Å²) in [7, 11) is 0. The number of morpholine rings is 1. The Morgan fingerprint density at radius 1 is 0.491 bits per heavy atom. The maximum Gasteiger partial charge on any atom is 0.259 e. The molecular weight excluding hydrogens is 730 g/mol. The lowest BCUT2D eigenvalue weighted by molar-refractivity contribution is 0.0371. The second-order valence-electron chi connectivity index (χ2n) is 15.0. The van der Waals surface area contributed by atoms with E-state index in [4.69, 9.17) is 4.74 Å². The summed E-state index contributed by atoms with van der Waals surface area (Å²) in [5.74, 6) is -0.975. The highest BCUT2D eigenvalue weighted by molar-refractivity contribution is 9.09. The van der Waals surface area contributed by atoms with Crippen LogP contribution in [0.5, 0.6) is 0 Å². The van der Waals surface area contributed by atoms with Gasteiger partial charge in [-0.1, -0.05) is 143 Å². The number of fused-ring (bicyclic) bond motifs is 2. The van der Waals surface area contributed by atoms with Gasteiger partial charge in [-0.15, -0.1) is 0 Å². The number of halogens is 1. The van der Waals surface area contributed by atoms with Crippen LogP contribution in [0.3, 0.4) is 0 Å². The van der Waals surface area contributed by atoms with E-state index in [0.29, 0.717) is 22.3 Å². The molecule has 5 rings (SSSR count). The lowest BCUT2D eigenvalue weighted by Crippen LogP contribution is -2.36. The molecule has 8 nitrogen and oxygen atoms in total. The van der Waals surface area contributed by atoms with Gasteiger partial charge in [0.2, 0.25) is 0 Å². The van der Waals surface area contributed by atoms with Gasteiger partial charge in [-0.3, -0.25) is 34.7 Å². The molecule has 4 amide bonds. The molecule has 0 radical (unpaired) electrons. The molecule has 2 N–H and O–H groups in total. The van der Waals surface area contributed by atoms with Crippen LogP contribution in [0.1, 0.15) is 181 Å². The first kappa shape index (κ1) is 42.9. The zero-order valence-electron chi connectivity index (χ0n) is 32.1. The average molecular weight is 795 g/mol. The highest BCUT2D eigenvalue weighted by atomic mass is 79.9. The number of carbonyl (C=O) groups is 4. The smallest absolute Gasteiger partial charge is 0.259 e. The SMILES string of the molecule is O=C1NC(=O)c2c(CCCCCCCCCCCCBr)cccc21.O=C1NC(=O)c2c(CCCCCCCCCCCCN3CCOCC3)cccc21. The quantitative estimate of drug-likeness (QED) is 0.0590. The minimum atomic E-state index is -0.257. The summed E-state index contributed by atoms with van der Waals surface area (Å²) in [6.45, 7) is 5.27. The topological polar surface area (TPSA) is 105 Å². The number of carbonyl (C=O) groups excluding carboxylic acids is 4. The number of benzene rings is 2. The summed E-state index contributed by atoms with van der Waals surface area (Å²) >= 11 is 3.47. The number of aryl methyl sites for hydroxylation is 2. The van der Waals surface area contributed by atoms with Crippen molar-refractivity contribution < 1.29 is 23.9 Å². The van der Waals surface area contributed by atoms with E-state index in [1.54, 1.807) is 12.1 Å². The van der Waals surface area contributed by atoms with E-state index in [0.717, 1.165) is 68.4 Å². The lowest BCUT2D eigenvalue weighted by Gasteiger charge is -2.26. The summed E-state index contributed by atoms with van der Waals surface area (Å²) in [6, 6.07) is 11.2. The van der Waals surface area contributed by atoms with Crippen LogP contribution < -0.4 is 10.6 Å². The molecule has 0 spiro atoms. The van der Waals surface area contributed by atoms with Crippen LogP contribution in [0, 0.1) is 0 Å². The van der Waals surface area contributed by atoms with Gasteiger partial charge in [0.25, 0.3) is 23.6 Å². The van der Waals surface area contributed by atoms with Gasteiger partial charge >= 0.3 is 0 Å². The molecule has 3 aliphatic heterocycles. The van der Waals surface area contributed by atoms with E-state index < -0.39 is 0 Å². The Hall–Kier alpha value is -2.88. The Balaban J connectivity index is 0.000000241. The van der Waals surface area contributed by atoms with Crippen LogP contribution in [0.4, 0.5) is 0 Å². The van der Waals surface area contributed by atoms with Crippen molar-refractivity contribution in [2.24, 2.45) is 0 Å². The van der Waals surface area contributed by atoms with Crippen molar-refractivity contribution in [3.05, 3.63) is 69.8 Å². The van der Waals surface area contributed by atoms with Crippen LogP contribution >= 0.6 is 15.9 Å². The monoisotopic (exact) mass is 793 g/mol. The molecule has 0 atom stereocenters. The molecular formula is C44H64BrN3O5. The predicted octanol–water partition coefficient (Wildman–Crippen LogP) is 9.75. The summed E-state index contributed by atoms with van der Waals surface area (Å²) in [5, 5.41) is 5.91. The van der Waals surface area contributed by atoms with Gasteiger partial charge < -0.3 is 4.74 Å². The molecule has 53 heavy (non-hydrogen) atoms. The first-order chi connectivity index (χ1) is 26.0. The Kier molecular flexibility index (Phi) is 20.4. The van der Waals surface area contributed by atoms with E-state index in [2.05, 4.69) is 31.5 Å². The molecule has 3 heterocycles. The molecule has 9 heteroatoms. The van der Waals surface area contributed by atoms with Crippen molar-refractivity contribution in [1.29, 1.82) is 0 Å². The predicted molar refractivity (Wildman–Crippen MR) is 217 cm³/mol. The van der Waals surface area contributed by atoms with Crippen molar-refractivity contribution in [3.8, 4) is 0 Å². The first-order valence-corrected chi connectivity index (χ1v) is 21.9. The normalized spacial score (nSPS) is 15.2. The third-order valence-electron chi connectivity index (χ3n) is 10.8. The molecule has 3 aliphatic rings. The number of hydrogen-bond donors (Lipinski definition) is 2. The standard InChI is InChI=1S/C24H36N2O3.C20H28BrNO2/c27-23-21-14-11-13-20(22(21)24(28)25-23)12-9-7-5-3-1-2-4-6-8-10-15-26-16-18-29-19-17-26;21-15-10-8-6-4-2-1-3-5-7-9-12-16-13-11-14-17-18(16)20(24)22-19(17)23/h11,13-14H,1-10,12,15-19H2,(H,25,27,28);11,13-14H,1-10,12,15H2,(H,22,23,24). The minimum Gasteiger partial charge on any atom is -0.379 e. The zero-order valence-corrected chi connectivity index (χ0v) is 33.7. The molecule has 0 saturated carbocycles. The molecule has 0 aromatic heterocycles. The Bertz CT molecular complexity index is 1440. The highest BCUT2D eigenvalue weighted by Gasteiger charge is 2.29. The molecule has 0 aliphatic carbocycles. The van der Waals surface area contributed by atoms with Gasteiger partial charge in [0.1, 0.15) is 0 Å². The maximum absolute atomic E-state index is 11.9. The van der Waals surface area contributed by atoms with Gasteiger partial charge in [0.15, 0.2) is 0 Å². The number of imide groups is 2. The fourth-order valence-electron chi connectivity index (χ4n) is 7.71. The maximum atomic E-state index is 11.9. The van der Waals surface area contributed by atoms with Gasteiger partial charge in [0, 0.05) is 18.4 Å². The highest BCUT2D eigenvalue weighted by Crippen LogP contribution is 2.24. The third kappa shape index (κ3) is 15.1. The van der Waals surface area contributed by atoms with Crippen LogP contribution in [-0.4, -0.2) is 66.7 Å². The Morgan fingerprint density at radius 2 is 0.868 bits per heavy atom. The summed E-state index contributed by atoms with van der Waals surface area (Å²) in [4.78, 5) is 49.7. The van der Waals surface area contributed by atoms with Crippen LogP contribution in [0.15, 0.2) is 36.4 Å². The Labute approximate surface area is 327 Å². The molecule has 0 unspecified atom stereocenters. The molecule has 0 bridgehead atoms. The number of ether oxygens (including phenoxy) is 1. The van der Waals surface area contributed by atoms with Crippen molar-refractivity contribution in [1.82, 2.24) is 15.5 Å². The number of nitrogens with one attached hydrogen (secondary N) is 2. The fourth-order valence-corrected chi connectivity index (χ4v) is 8.11. The fraction of sp³-hybridized carbons (Fsp3) is 0.636. The third-order valence-corrected chi connectivity index (χ3v) is 11.4. The number of hydrogen-bond acceptors (Lipinski definition) is 6. The van der Waals surface area contributed by atoms with E-state index in [1.165, 1.54) is 122 Å². The van der Waals surface area contributed by atoms with Crippen molar-refractivity contribution in [2.75, 3.05) is 38.2 Å². The van der Waals surface area contributed by atoms with E-state index >= 15 is 0 Å². The summed E-state index contributed by atoms with van der Waals surface area (Å²) in [5.41, 5.74) is 4.32. The van der Waals surface area contributed by atoms with Gasteiger partial charge in [-0.25, -0.2) is 0 Å². The lowest BCUT2D eigenvalue weighted by atomic mass is 9.97. The second kappa shape index (κ2) is 25.2. The number of unbranched alkanes of at least 4 members (excludes halogenated alkanes) is 18. The first-order valence-electron chi connectivity index (χ1n) is 20.8. The Morgan fingerprint density at radius 3 is 1.28 bits per heavy atom. The second-order valence-corrected chi connectivity index (χ2v) is 15.8. The number of alkyl halides is 1. The number of amides is 4. The minimum absolute atomic E-state index is 0.231. The molecule has 1 fully saturated rings. The average Bonchev–Trinajstić information content (AvgIpc) is 3.64. The van der Waals surface area contributed by atoms with E-state index in [9.17, 15) is 19.2 Å².